The molecule has 0 aliphatic rings. The summed E-state index contributed by atoms with van der Waals surface area (Å²) in [5, 5.41) is 11.0. The lowest BCUT2D eigenvalue weighted by Gasteiger charge is -2.10. The minimum atomic E-state index is -1.09. The molecule has 1 atom stereocenters. The molecule has 0 saturated heterocycles. The SMILES string of the molecule is NC(CC(=O)O)C(=O)NCCCOCc1ccco1. The Morgan fingerprint density at radius 2 is 2.32 bits per heavy atom. The third-order valence-electron chi connectivity index (χ3n) is 2.32. The van der Waals surface area contributed by atoms with Crippen LogP contribution in [0.25, 0.3) is 0 Å². The molecule has 106 valence electrons. The van der Waals surface area contributed by atoms with Gasteiger partial charge in [0.1, 0.15) is 12.4 Å². The van der Waals surface area contributed by atoms with Gasteiger partial charge in [0.15, 0.2) is 0 Å². The molecule has 0 spiro atoms. The van der Waals surface area contributed by atoms with Crippen LogP contribution in [0, 0.1) is 0 Å². The normalized spacial score (nSPS) is 12.1. The zero-order valence-electron chi connectivity index (χ0n) is 10.5. The number of nitrogens with one attached hydrogen (secondary N) is 1. The molecule has 7 nitrogen and oxygen atoms in total. The summed E-state index contributed by atoms with van der Waals surface area (Å²) in [7, 11) is 0. The summed E-state index contributed by atoms with van der Waals surface area (Å²) in [4.78, 5) is 21.7. The van der Waals surface area contributed by atoms with E-state index < -0.39 is 17.9 Å². The molecule has 0 aliphatic carbocycles. The van der Waals surface area contributed by atoms with Crippen molar-refractivity contribution in [1.82, 2.24) is 5.32 Å². The third kappa shape index (κ3) is 6.58. The van der Waals surface area contributed by atoms with Crippen molar-refractivity contribution in [3.63, 3.8) is 0 Å². The Balaban J connectivity index is 2.01. The van der Waals surface area contributed by atoms with Crippen molar-refractivity contribution in [2.24, 2.45) is 5.73 Å². The van der Waals surface area contributed by atoms with Crippen LogP contribution in [0.5, 0.6) is 0 Å². The number of furan rings is 1. The fraction of sp³-hybridized carbons (Fsp3) is 0.500. The van der Waals surface area contributed by atoms with E-state index in [-0.39, 0.29) is 6.42 Å². The quantitative estimate of drug-likeness (QED) is 0.548. The standard InChI is InChI=1S/C12H18N2O5/c13-10(7-11(15)16)12(17)14-4-2-5-18-8-9-3-1-6-19-9/h1,3,6,10H,2,4-5,7-8,13H2,(H,14,17)(H,15,16). The summed E-state index contributed by atoms with van der Waals surface area (Å²) in [5.74, 6) is -0.814. The van der Waals surface area contributed by atoms with E-state index in [0.29, 0.717) is 26.2 Å². The van der Waals surface area contributed by atoms with Crippen LogP contribution in [-0.2, 0) is 20.9 Å². The van der Waals surface area contributed by atoms with E-state index in [1.807, 2.05) is 6.07 Å². The van der Waals surface area contributed by atoms with Gasteiger partial charge < -0.3 is 25.3 Å². The molecule has 0 saturated carbocycles. The van der Waals surface area contributed by atoms with Gasteiger partial charge in [0.2, 0.25) is 5.91 Å². The van der Waals surface area contributed by atoms with E-state index in [4.69, 9.17) is 20.0 Å². The molecule has 1 unspecified atom stereocenters. The van der Waals surface area contributed by atoms with E-state index in [0.717, 1.165) is 5.76 Å². The summed E-state index contributed by atoms with van der Waals surface area (Å²) in [6, 6.07) is 2.58. The number of ether oxygens (including phenoxy) is 1. The predicted molar refractivity (Wildman–Crippen MR) is 66.2 cm³/mol. The van der Waals surface area contributed by atoms with Crippen molar-refractivity contribution in [1.29, 1.82) is 0 Å². The van der Waals surface area contributed by atoms with Gasteiger partial charge in [-0.3, -0.25) is 9.59 Å². The van der Waals surface area contributed by atoms with E-state index in [2.05, 4.69) is 5.32 Å². The largest absolute Gasteiger partial charge is 0.481 e. The zero-order chi connectivity index (χ0) is 14.1. The zero-order valence-corrected chi connectivity index (χ0v) is 10.5. The summed E-state index contributed by atoms with van der Waals surface area (Å²) in [6.45, 7) is 1.25. The summed E-state index contributed by atoms with van der Waals surface area (Å²) in [5.41, 5.74) is 5.39. The lowest BCUT2D eigenvalue weighted by Crippen LogP contribution is -2.42. The first kappa shape index (κ1) is 15.2. The van der Waals surface area contributed by atoms with E-state index in [1.54, 1.807) is 12.3 Å². The van der Waals surface area contributed by atoms with Gasteiger partial charge >= 0.3 is 5.97 Å². The van der Waals surface area contributed by atoms with Crippen LogP contribution in [0.4, 0.5) is 0 Å². The molecular weight excluding hydrogens is 252 g/mol. The Morgan fingerprint density at radius 3 is 2.95 bits per heavy atom. The first-order chi connectivity index (χ1) is 9.09. The van der Waals surface area contributed by atoms with Crippen molar-refractivity contribution >= 4 is 11.9 Å². The van der Waals surface area contributed by atoms with Crippen LogP contribution < -0.4 is 11.1 Å². The van der Waals surface area contributed by atoms with E-state index >= 15 is 0 Å². The lowest BCUT2D eigenvalue weighted by atomic mass is 10.2. The first-order valence-electron chi connectivity index (χ1n) is 5.95. The number of carbonyl (C=O) groups excluding carboxylic acids is 1. The van der Waals surface area contributed by atoms with Crippen LogP contribution in [0.1, 0.15) is 18.6 Å². The number of hydrogen-bond donors (Lipinski definition) is 3. The van der Waals surface area contributed by atoms with Gasteiger partial charge in [-0.1, -0.05) is 0 Å². The van der Waals surface area contributed by atoms with Gasteiger partial charge in [-0.2, -0.15) is 0 Å². The van der Waals surface area contributed by atoms with Crippen LogP contribution >= 0.6 is 0 Å². The van der Waals surface area contributed by atoms with Crippen LogP contribution in [-0.4, -0.2) is 36.2 Å². The fourth-order valence-corrected chi connectivity index (χ4v) is 1.37. The van der Waals surface area contributed by atoms with Crippen LogP contribution in [0.3, 0.4) is 0 Å². The van der Waals surface area contributed by atoms with Gasteiger partial charge in [-0.15, -0.1) is 0 Å². The molecule has 0 aliphatic heterocycles. The molecule has 1 heterocycles. The Labute approximate surface area is 110 Å². The molecule has 4 N–H and O–H groups in total. The third-order valence-corrected chi connectivity index (χ3v) is 2.32. The van der Waals surface area contributed by atoms with E-state index in [1.165, 1.54) is 0 Å². The average molecular weight is 270 g/mol. The van der Waals surface area contributed by atoms with Gasteiger partial charge in [0.25, 0.3) is 0 Å². The Hall–Kier alpha value is -1.86. The molecule has 0 radical (unpaired) electrons. The van der Waals surface area contributed by atoms with Crippen LogP contribution in [0.2, 0.25) is 0 Å². The highest BCUT2D eigenvalue weighted by molar-refractivity contribution is 5.85. The highest BCUT2D eigenvalue weighted by atomic mass is 16.5. The molecule has 7 heteroatoms. The number of carboxylic acid groups (broad SMARTS) is 1. The molecule has 1 aromatic rings. The first-order valence-corrected chi connectivity index (χ1v) is 5.95. The number of amides is 1. The minimum Gasteiger partial charge on any atom is -0.481 e. The molecule has 1 rings (SSSR count). The number of rotatable bonds is 9. The topological polar surface area (TPSA) is 115 Å². The molecule has 0 fully saturated rings. The number of nitrogens with two attached hydrogens (primary N) is 1. The maximum absolute atomic E-state index is 11.3. The Bertz CT molecular complexity index is 391. The smallest absolute Gasteiger partial charge is 0.305 e. The molecule has 0 bridgehead atoms. The molecule has 0 aromatic carbocycles. The Morgan fingerprint density at radius 1 is 1.53 bits per heavy atom. The molecule has 1 aromatic heterocycles. The molecule has 1 amide bonds. The molecule has 19 heavy (non-hydrogen) atoms. The van der Waals surface area contributed by atoms with Crippen molar-refractivity contribution < 1.29 is 23.8 Å². The van der Waals surface area contributed by atoms with Gasteiger partial charge in [-0.05, 0) is 18.6 Å². The molecular formula is C12H18N2O5. The number of carboxylic acids is 1. The van der Waals surface area contributed by atoms with Crippen LogP contribution in [0.15, 0.2) is 22.8 Å². The second-order valence-corrected chi connectivity index (χ2v) is 3.98. The van der Waals surface area contributed by atoms with Crippen molar-refractivity contribution in [3.05, 3.63) is 24.2 Å². The summed E-state index contributed by atoms with van der Waals surface area (Å²) < 4.78 is 10.4. The second kappa shape index (κ2) is 8.28. The highest BCUT2D eigenvalue weighted by Gasteiger charge is 2.15. The Kier molecular flexibility index (Phi) is 6.62. The summed E-state index contributed by atoms with van der Waals surface area (Å²) in [6.07, 6.45) is 1.82. The van der Waals surface area contributed by atoms with Gasteiger partial charge in [0.05, 0.1) is 18.7 Å². The second-order valence-electron chi connectivity index (χ2n) is 3.98. The minimum absolute atomic E-state index is 0.374. The van der Waals surface area contributed by atoms with Gasteiger partial charge in [-0.25, -0.2) is 0 Å². The van der Waals surface area contributed by atoms with Crippen molar-refractivity contribution in [2.75, 3.05) is 13.2 Å². The average Bonchev–Trinajstić information content (AvgIpc) is 2.85. The van der Waals surface area contributed by atoms with Crippen molar-refractivity contribution in [3.8, 4) is 0 Å². The predicted octanol–water partition coefficient (Wildman–Crippen LogP) is 0.105. The van der Waals surface area contributed by atoms with Gasteiger partial charge in [0, 0.05) is 13.2 Å². The maximum atomic E-state index is 11.3. The monoisotopic (exact) mass is 270 g/mol. The highest BCUT2D eigenvalue weighted by Crippen LogP contribution is 2.01. The maximum Gasteiger partial charge on any atom is 0.305 e. The summed E-state index contributed by atoms with van der Waals surface area (Å²) >= 11 is 0. The lowest BCUT2D eigenvalue weighted by molar-refractivity contribution is -0.139. The number of hydrogen-bond acceptors (Lipinski definition) is 5. The number of aliphatic carboxylic acids is 1. The van der Waals surface area contributed by atoms with E-state index in [9.17, 15) is 9.59 Å². The number of carbonyl (C=O) groups is 2. The fourth-order valence-electron chi connectivity index (χ4n) is 1.37. The van der Waals surface area contributed by atoms with Crippen molar-refractivity contribution in [2.45, 2.75) is 25.5 Å².